The summed E-state index contributed by atoms with van der Waals surface area (Å²) in [5.74, 6) is 1.39. The Hall–Kier alpha value is -0.960. The van der Waals surface area contributed by atoms with Crippen LogP contribution in [0.1, 0.15) is 50.8 Å². The van der Waals surface area contributed by atoms with E-state index in [0.717, 1.165) is 36.7 Å². The fourth-order valence-electron chi connectivity index (χ4n) is 1.37. The molecule has 1 heterocycles. The van der Waals surface area contributed by atoms with E-state index in [2.05, 4.69) is 49.0 Å². The lowest BCUT2D eigenvalue weighted by molar-refractivity contribution is 0.670. The monoisotopic (exact) mass is 207 g/mol. The molecule has 0 bridgehead atoms. The number of rotatable bonds is 5. The second-order valence-corrected chi connectivity index (χ2v) is 3.99. The zero-order valence-electron chi connectivity index (χ0n) is 10.2. The number of nitrogens with one attached hydrogen (secondary N) is 1. The number of aromatic nitrogens is 2. The molecule has 1 aromatic rings. The Morgan fingerprint density at radius 3 is 2.53 bits per heavy atom. The summed E-state index contributed by atoms with van der Waals surface area (Å²) in [6.45, 7) is 10.3. The largest absolute Gasteiger partial charge is 0.310 e. The first kappa shape index (κ1) is 12.1. The third-order valence-corrected chi connectivity index (χ3v) is 2.33. The van der Waals surface area contributed by atoms with Gasteiger partial charge in [0.25, 0.3) is 0 Å². The summed E-state index contributed by atoms with van der Waals surface area (Å²) < 4.78 is 0. The van der Waals surface area contributed by atoms with Gasteiger partial charge in [0, 0.05) is 11.4 Å². The maximum atomic E-state index is 4.54. The number of nitrogens with zero attached hydrogens (tertiary/aromatic N) is 2. The van der Waals surface area contributed by atoms with Crippen molar-refractivity contribution in [2.75, 3.05) is 6.54 Å². The summed E-state index contributed by atoms with van der Waals surface area (Å²) in [5.41, 5.74) is 2.29. The molecule has 15 heavy (non-hydrogen) atoms. The van der Waals surface area contributed by atoms with Crippen molar-refractivity contribution in [1.29, 1.82) is 0 Å². The van der Waals surface area contributed by atoms with Crippen molar-refractivity contribution >= 4 is 0 Å². The summed E-state index contributed by atoms with van der Waals surface area (Å²) in [7, 11) is 0. The normalized spacial score (nSPS) is 11.0. The molecular weight excluding hydrogens is 186 g/mol. The van der Waals surface area contributed by atoms with Crippen LogP contribution in [0, 0.1) is 0 Å². The van der Waals surface area contributed by atoms with E-state index in [0.29, 0.717) is 5.92 Å². The van der Waals surface area contributed by atoms with E-state index in [4.69, 9.17) is 0 Å². The molecule has 1 rings (SSSR count). The Kier molecular flexibility index (Phi) is 4.69. The van der Waals surface area contributed by atoms with E-state index in [1.165, 1.54) is 0 Å². The average Bonchev–Trinajstić information content (AvgIpc) is 2.25. The van der Waals surface area contributed by atoms with Crippen molar-refractivity contribution in [1.82, 2.24) is 15.3 Å². The molecule has 84 valence electrons. The summed E-state index contributed by atoms with van der Waals surface area (Å²) in [6, 6.07) is 2.11. The van der Waals surface area contributed by atoms with Crippen molar-refractivity contribution in [2.45, 2.75) is 46.6 Å². The topological polar surface area (TPSA) is 37.8 Å². The van der Waals surface area contributed by atoms with Gasteiger partial charge in [-0.1, -0.05) is 27.7 Å². The van der Waals surface area contributed by atoms with Crippen molar-refractivity contribution < 1.29 is 0 Å². The number of hydrogen-bond acceptors (Lipinski definition) is 3. The highest BCUT2D eigenvalue weighted by Crippen LogP contribution is 2.13. The second kappa shape index (κ2) is 5.81. The van der Waals surface area contributed by atoms with Crippen LogP contribution in [0.15, 0.2) is 6.07 Å². The van der Waals surface area contributed by atoms with Crippen LogP contribution in [0.5, 0.6) is 0 Å². The molecule has 0 aliphatic heterocycles. The van der Waals surface area contributed by atoms with Crippen molar-refractivity contribution in [3.05, 3.63) is 23.3 Å². The molecule has 0 atom stereocenters. The number of aryl methyl sites for hydroxylation is 1. The van der Waals surface area contributed by atoms with E-state index in [9.17, 15) is 0 Å². The molecule has 0 amide bonds. The van der Waals surface area contributed by atoms with Gasteiger partial charge in [-0.25, -0.2) is 9.97 Å². The molecule has 3 nitrogen and oxygen atoms in total. The SMILES string of the molecule is CCNCc1nc(CC)cc(C(C)C)n1. The first-order chi connectivity index (χ1) is 7.17. The van der Waals surface area contributed by atoms with Crippen LogP contribution in [-0.4, -0.2) is 16.5 Å². The van der Waals surface area contributed by atoms with Crippen LogP contribution >= 0.6 is 0 Å². The fourth-order valence-corrected chi connectivity index (χ4v) is 1.37. The van der Waals surface area contributed by atoms with Gasteiger partial charge in [0.1, 0.15) is 5.82 Å². The molecule has 0 unspecified atom stereocenters. The highest BCUT2D eigenvalue weighted by molar-refractivity contribution is 5.14. The predicted molar refractivity (Wildman–Crippen MR) is 62.9 cm³/mol. The molecular formula is C12H21N3. The van der Waals surface area contributed by atoms with E-state index in [1.54, 1.807) is 0 Å². The molecule has 0 aromatic carbocycles. The highest BCUT2D eigenvalue weighted by atomic mass is 15.0. The summed E-state index contributed by atoms with van der Waals surface area (Å²) in [4.78, 5) is 9.04. The minimum Gasteiger partial charge on any atom is -0.310 e. The summed E-state index contributed by atoms with van der Waals surface area (Å²) >= 11 is 0. The average molecular weight is 207 g/mol. The zero-order valence-corrected chi connectivity index (χ0v) is 10.2. The van der Waals surface area contributed by atoms with Crippen LogP contribution in [0.3, 0.4) is 0 Å². The maximum absolute atomic E-state index is 4.54. The summed E-state index contributed by atoms with van der Waals surface area (Å²) in [5, 5.41) is 3.26. The molecule has 0 aliphatic carbocycles. The second-order valence-electron chi connectivity index (χ2n) is 3.99. The maximum Gasteiger partial charge on any atom is 0.142 e. The molecule has 0 saturated heterocycles. The van der Waals surface area contributed by atoms with Gasteiger partial charge < -0.3 is 5.32 Å². The fraction of sp³-hybridized carbons (Fsp3) is 0.667. The van der Waals surface area contributed by atoms with Crippen LogP contribution in [0.25, 0.3) is 0 Å². The van der Waals surface area contributed by atoms with Gasteiger partial charge in [-0.3, -0.25) is 0 Å². The van der Waals surface area contributed by atoms with Gasteiger partial charge >= 0.3 is 0 Å². The summed E-state index contributed by atoms with van der Waals surface area (Å²) in [6.07, 6.45) is 0.974. The van der Waals surface area contributed by atoms with E-state index in [1.807, 2.05) is 0 Å². The van der Waals surface area contributed by atoms with Gasteiger partial charge in [-0.2, -0.15) is 0 Å². The van der Waals surface area contributed by atoms with Crippen molar-refractivity contribution in [2.24, 2.45) is 0 Å². The lowest BCUT2D eigenvalue weighted by atomic mass is 10.1. The standard InChI is InChI=1S/C12H21N3/c1-5-10-7-11(9(3)4)15-12(14-10)8-13-6-2/h7,9,13H,5-6,8H2,1-4H3. The van der Waals surface area contributed by atoms with Crippen LogP contribution in [-0.2, 0) is 13.0 Å². The Morgan fingerprint density at radius 1 is 1.27 bits per heavy atom. The van der Waals surface area contributed by atoms with E-state index in [-0.39, 0.29) is 0 Å². The van der Waals surface area contributed by atoms with Gasteiger partial charge in [0.15, 0.2) is 0 Å². The van der Waals surface area contributed by atoms with Crippen molar-refractivity contribution in [3.63, 3.8) is 0 Å². The molecule has 1 aromatic heterocycles. The Morgan fingerprint density at radius 2 is 2.00 bits per heavy atom. The molecule has 0 spiro atoms. The minimum atomic E-state index is 0.471. The van der Waals surface area contributed by atoms with Gasteiger partial charge in [0.2, 0.25) is 0 Å². The van der Waals surface area contributed by atoms with Gasteiger partial charge in [-0.15, -0.1) is 0 Å². The smallest absolute Gasteiger partial charge is 0.142 e. The van der Waals surface area contributed by atoms with Crippen LogP contribution in [0.2, 0.25) is 0 Å². The van der Waals surface area contributed by atoms with Crippen molar-refractivity contribution in [3.8, 4) is 0 Å². The highest BCUT2D eigenvalue weighted by Gasteiger charge is 2.06. The molecule has 0 fully saturated rings. The van der Waals surface area contributed by atoms with E-state index < -0.39 is 0 Å². The lowest BCUT2D eigenvalue weighted by Gasteiger charge is -2.09. The Balaban J connectivity index is 2.90. The zero-order chi connectivity index (χ0) is 11.3. The first-order valence-corrected chi connectivity index (χ1v) is 5.74. The lowest BCUT2D eigenvalue weighted by Crippen LogP contribution is -2.16. The van der Waals surface area contributed by atoms with Crippen LogP contribution < -0.4 is 5.32 Å². The third kappa shape index (κ3) is 3.59. The first-order valence-electron chi connectivity index (χ1n) is 5.74. The molecule has 3 heteroatoms. The Labute approximate surface area is 92.3 Å². The molecule has 0 radical (unpaired) electrons. The van der Waals surface area contributed by atoms with E-state index >= 15 is 0 Å². The Bertz CT molecular complexity index is 308. The quantitative estimate of drug-likeness (QED) is 0.805. The molecule has 0 aliphatic rings. The third-order valence-electron chi connectivity index (χ3n) is 2.33. The molecule has 0 saturated carbocycles. The van der Waals surface area contributed by atoms with Gasteiger partial charge in [0.05, 0.1) is 6.54 Å². The molecule has 1 N–H and O–H groups in total. The predicted octanol–water partition coefficient (Wildman–Crippen LogP) is 2.27. The van der Waals surface area contributed by atoms with Crippen LogP contribution in [0.4, 0.5) is 0 Å². The van der Waals surface area contributed by atoms with Gasteiger partial charge in [-0.05, 0) is 24.9 Å². The number of hydrogen-bond donors (Lipinski definition) is 1. The minimum absolute atomic E-state index is 0.471.